The minimum atomic E-state index is -0.874. The molecule has 2 aromatic rings. The molecule has 1 N–H and O–H groups in total. The fourth-order valence-corrected chi connectivity index (χ4v) is 5.64. The van der Waals surface area contributed by atoms with Gasteiger partial charge >= 0.3 is 0 Å². The third kappa shape index (κ3) is 8.86. The van der Waals surface area contributed by atoms with E-state index in [9.17, 15) is 24.0 Å². The smallest absolute Gasteiger partial charge is 0.224 e. The zero-order valence-corrected chi connectivity index (χ0v) is 25.3. The Hall–Kier alpha value is -3.79. The predicted molar refractivity (Wildman–Crippen MR) is 159 cm³/mol. The molecule has 0 bridgehead atoms. The highest BCUT2D eigenvalue weighted by molar-refractivity contribution is 5.99. The quantitative estimate of drug-likeness (QED) is 0.231. The van der Waals surface area contributed by atoms with E-state index in [1.165, 1.54) is 18.6 Å². The summed E-state index contributed by atoms with van der Waals surface area (Å²) in [6, 6.07) is 8.40. The van der Waals surface area contributed by atoms with Gasteiger partial charge in [0.2, 0.25) is 11.8 Å². The van der Waals surface area contributed by atoms with Gasteiger partial charge in [-0.25, -0.2) is 4.98 Å². The van der Waals surface area contributed by atoms with Crippen LogP contribution < -0.4 is 5.32 Å². The van der Waals surface area contributed by atoms with Crippen LogP contribution in [0.2, 0.25) is 0 Å². The van der Waals surface area contributed by atoms with Gasteiger partial charge in [-0.15, -0.1) is 0 Å². The van der Waals surface area contributed by atoms with Crippen LogP contribution in [-0.2, 0) is 30.3 Å². The molecule has 0 spiro atoms. The Morgan fingerprint density at radius 2 is 1.84 bits per heavy atom. The molecule has 1 aromatic heterocycles. The number of epoxide rings is 1. The number of ether oxygens (including phenoxy) is 1. The third-order valence-electron chi connectivity index (χ3n) is 8.24. The van der Waals surface area contributed by atoms with E-state index < -0.39 is 23.6 Å². The lowest BCUT2D eigenvalue weighted by Gasteiger charge is -2.27. The number of carbonyl (C=O) groups excluding carboxylic acids is 5. The second-order valence-corrected chi connectivity index (χ2v) is 12.2. The Balaban J connectivity index is 1.43. The van der Waals surface area contributed by atoms with Crippen LogP contribution in [0.25, 0.3) is 0 Å². The summed E-state index contributed by atoms with van der Waals surface area (Å²) < 4.78 is 5.37. The Kier molecular flexibility index (Phi) is 10.9. The van der Waals surface area contributed by atoms with E-state index in [0.29, 0.717) is 45.3 Å². The van der Waals surface area contributed by atoms with Crippen molar-refractivity contribution in [3.63, 3.8) is 0 Å². The molecule has 230 valence electrons. The number of carbonyl (C=O) groups is 5. The van der Waals surface area contributed by atoms with E-state index in [-0.39, 0.29) is 60.0 Å². The van der Waals surface area contributed by atoms with E-state index in [1.807, 2.05) is 44.2 Å². The number of aromatic nitrogens is 2. The molecule has 10 nitrogen and oxygen atoms in total. The van der Waals surface area contributed by atoms with E-state index in [1.54, 1.807) is 11.8 Å². The lowest BCUT2D eigenvalue weighted by molar-refractivity contribution is -0.139. The van der Waals surface area contributed by atoms with Gasteiger partial charge in [-0.2, -0.15) is 0 Å². The molecular formula is C33H42N4O6. The number of hydrogen-bond acceptors (Lipinski definition) is 8. The van der Waals surface area contributed by atoms with Crippen LogP contribution in [0.4, 0.5) is 0 Å². The summed E-state index contributed by atoms with van der Waals surface area (Å²) in [4.78, 5) is 75.5. The number of aryl methyl sites for hydroxylation is 1. The highest BCUT2D eigenvalue weighted by atomic mass is 16.6. The van der Waals surface area contributed by atoms with Gasteiger partial charge in [0.25, 0.3) is 0 Å². The molecule has 2 aliphatic rings. The molecule has 0 saturated carbocycles. The number of hydrogen-bond donors (Lipinski definition) is 1. The van der Waals surface area contributed by atoms with Gasteiger partial charge in [-0.05, 0) is 50.5 Å². The van der Waals surface area contributed by atoms with Gasteiger partial charge < -0.3 is 15.0 Å². The maximum Gasteiger partial charge on any atom is 0.224 e. The Bertz CT molecular complexity index is 1290. The van der Waals surface area contributed by atoms with Crippen molar-refractivity contribution in [1.29, 1.82) is 0 Å². The largest absolute Gasteiger partial charge is 0.361 e. The van der Waals surface area contributed by atoms with Crippen LogP contribution >= 0.6 is 0 Å². The lowest BCUT2D eigenvalue weighted by atomic mass is 9.89. The first-order chi connectivity index (χ1) is 20.6. The minimum absolute atomic E-state index is 0.0229. The highest BCUT2D eigenvalue weighted by Gasteiger charge is 2.50. The van der Waals surface area contributed by atoms with Crippen molar-refractivity contribution in [3.05, 3.63) is 60.2 Å². The fraction of sp³-hybridized carbons (Fsp3) is 0.545. The number of Topliss-reactive ketones (excluding diaryl/α,β-unsaturated/α-hetero) is 3. The summed E-state index contributed by atoms with van der Waals surface area (Å²) >= 11 is 0. The normalized spacial score (nSPS) is 20.8. The maximum atomic E-state index is 13.7. The molecule has 0 unspecified atom stereocenters. The van der Waals surface area contributed by atoms with E-state index in [0.717, 1.165) is 5.56 Å². The predicted octanol–water partition coefficient (Wildman–Crippen LogP) is 3.53. The zero-order chi connectivity index (χ0) is 31.0. The van der Waals surface area contributed by atoms with Crippen molar-refractivity contribution in [1.82, 2.24) is 20.2 Å². The molecular weight excluding hydrogens is 548 g/mol. The van der Waals surface area contributed by atoms with Crippen LogP contribution in [0.5, 0.6) is 0 Å². The number of ketones is 3. The van der Waals surface area contributed by atoms with Crippen molar-refractivity contribution in [2.24, 2.45) is 11.8 Å². The number of likely N-dealkylation sites (tertiary alicyclic amines) is 1. The molecule has 2 aliphatic heterocycles. The monoisotopic (exact) mass is 590 g/mol. The van der Waals surface area contributed by atoms with Gasteiger partial charge in [-0.3, -0.25) is 29.0 Å². The number of rotatable bonds is 16. The van der Waals surface area contributed by atoms with Crippen LogP contribution in [0, 0.1) is 11.8 Å². The molecule has 4 rings (SSSR count). The van der Waals surface area contributed by atoms with Crippen LogP contribution in [-0.4, -0.2) is 74.9 Å². The zero-order valence-electron chi connectivity index (χ0n) is 25.3. The average Bonchev–Trinajstić information content (AvgIpc) is 3.56. The van der Waals surface area contributed by atoms with Crippen molar-refractivity contribution < 1.29 is 28.7 Å². The summed E-state index contributed by atoms with van der Waals surface area (Å²) in [5.74, 6) is -1.71. The average molecular weight is 591 g/mol. The van der Waals surface area contributed by atoms with Crippen molar-refractivity contribution in [2.75, 3.05) is 13.2 Å². The number of amides is 2. The first-order valence-corrected chi connectivity index (χ1v) is 15.2. The van der Waals surface area contributed by atoms with Crippen molar-refractivity contribution >= 4 is 29.2 Å². The second-order valence-electron chi connectivity index (χ2n) is 12.2. The summed E-state index contributed by atoms with van der Waals surface area (Å²) in [6.45, 7) is 6.48. The fourth-order valence-electron chi connectivity index (χ4n) is 5.64. The molecule has 2 saturated heterocycles. The van der Waals surface area contributed by atoms with Crippen molar-refractivity contribution in [3.8, 4) is 0 Å². The van der Waals surface area contributed by atoms with E-state index >= 15 is 0 Å². The van der Waals surface area contributed by atoms with Gasteiger partial charge in [0.05, 0.1) is 24.9 Å². The second kappa shape index (κ2) is 14.6. The molecule has 3 heterocycles. The first-order valence-electron chi connectivity index (χ1n) is 15.2. The molecule has 4 atom stereocenters. The Labute approximate surface area is 253 Å². The maximum absolute atomic E-state index is 13.7. The number of nitrogens with zero attached hydrogens (tertiary/aromatic N) is 3. The van der Waals surface area contributed by atoms with E-state index in [2.05, 4.69) is 15.3 Å². The summed E-state index contributed by atoms with van der Waals surface area (Å²) in [5, 5.41) is 2.96. The molecule has 0 radical (unpaired) electrons. The van der Waals surface area contributed by atoms with Crippen molar-refractivity contribution in [2.45, 2.75) is 89.8 Å². The van der Waals surface area contributed by atoms with E-state index in [4.69, 9.17) is 4.74 Å². The summed E-state index contributed by atoms with van der Waals surface area (Å²) in [7, 11) is 0. The first kappa shape index (κ1) is 32.1. The van der Waals surface area contributed by atoms with Gasteiger partial charge in [-0.1, -0.05) is 44.2 Å². The number of nitrogens with one attached hydrogen (secondary N) is 1. The highest BCUT2D eigenvalue weighted by Crippen LogP contribution is 2.30. The SMILES string of the molecule is CC(C)C[C@H](NC(=O)[C@H](CCc1ccccc1)CC(=O)[C@@H]1CCCN1C(=O)CCC(=O)c1cnccn1)C(=O)[C@@]1(C)CO1. The number of benzene rings is 1. The van der Waals surface area contributed by atoms with Crippen LogP contribution in [0.15, 0.2) is 48.9 Å². The topological polar surface area (TPSA) is 139 Å². The molecule has 2 fully saturated rings. The summed E-state index contributed by atoms with van der Waals surface area (Å²) in [6.07, 6.45) is 6.84. The minimum Gasteiger partial charge on any atom is -0.361 e. The van der Waals surface area contributed by atoms with Crippen LogP contribution in [0.3, 0.4) is 0 Å². The van der Waals surface area contributed by atoms with Gasteiger partial charge in [0.15, 0.2) is 17.3 Å². The molecule has 0 aliphatic carbocycles. The summed E-state index contributed by atoms with van der Waals surface area (Å²) in [5.41, 5.74) is 0.376. The molecule has 43 heavy (non-hydrogen) atoms. The Morgan fingerprint density at radius 3 is 2.49 bits per heavy atom. The molecule has 1 aromatic carbocycles. The standard InChI is InChI=1S/C33H42N4O6/c1-22(2)18-25(31(41)33(3)21-43-33)36-32(42)24(12-11-23-8-5-4-6-9-23)19-29(39)27-10-7-17-37(27)30(40)14-13-28(38)26-20-34-15-16-35-26/h4-6,8-9,15-16,20,22,24-25,27H,7,10-14,17-19,21H2,1-3H3,(H,36,42)/t24-,25+,27+,33-/m1/s1. The lowest BCUT2D eigenvalue weighted by Crippen LogP contribution is -2.49. The van der Waals surface area contributed by atoms with Gasteiger partial charge in [0, 0.05) is 44.1 Å². The van der Waals surface area contributed by atoms with Crippen LogP contribution in [0.1, 0.15) is 81.8 Å². The molecule has 2 amide bonds. The third-order valence-corrected chi connectivity index (χ3v) is 8.24. The van der Waals surface area contributed by atoms with Gasteiger partial charge in [0.1, 0.15) is 11.3 Å². The molecule has 10 heteroatoms. The Morgan fingerprint density at radius 1 is 1.09 bits per heavy atom.